The van der Waals surface area contributed by atoms with Crippen molar-refractivity contribution in [3.8, 4) is 0 Å². The lowest BCUT2D eigenvalue weighted by Gasteiger charge is -2.60. The van der Waals surface area contributed by atoms with Crippen LogP contribution in [0, 0.1) is 28.6 Å². The predicted octanol–water partition coefficient (Wildman–Crippen LogP) is 2.60. The van der Waals surface area contributed by atoms with Crippen LogP contribution in [0.1, 0.15) is 65.7 Å². The molecule has 0 saturated heterocycles. The summed E-state index contributed by atoms with van der Waals surface area (Å²) in [6.07, 6.45) is 6.64. The molecule has 8 atom stereocenters. The van der Waals surface area contributed by atoms with Crippen molar-refractivity contribution in [2.75, 3.05) is 0 Å². The molecule has 0 aromatic carbocycles. The summed E-state index contributed by atoms with van der Waals surface area (Å²) in [5.74, 6) is 0.00507. The molecule has 4 aliphatic carbocycles. The van der Waals surface area contributed by atoms with Crippen molar-refractivity contribution in [3.63, 3.8) is 0 Å². The summed E-state index contributed by atoms with van der Waals surface area (Å²) in [6, 6.07) is 0. The average molecular weight is 348 g/mol. The SMILES string of the molecule is CC(O)[C@@H]1CC(=O)[C@@]2(O)[C@H]3CC=C4C[C@H](O)CC[C@@]4(C)[C@@H]3CC[C@@]12C. The summed E-state index contributed by atoms with van der Waals surface area (Å²) >= 11 is 0. The molecule has 0 amide bonds. The Labute approximate surface area is 150 Å². The number of aliphatic hydroxyl groups is 3. The first-order chi connectivity index (χ1) is 11.6. The first kappa shape index (κ1) is 17.7. The maximum Gasteiger partial charge on any atom is 0.165 e. The molecule has 0 radical (unpaired) electrons. The summed E-state index contributed by atoms with van der Waals surface area (Å²) < 4.78 is 0. The van der Waals surface area contributed by atoms with Gasteiger partial charge in [-0.3, -0.25) is 4.79 Å². The van der Waals surface area contributed by atoms with Gasteiger partial charge in [0.25, 0.3) is 0 Å². The Kier molecular flexibility index (Phi) is 3.82. The average Bonchev–Trinajstić information content (AvgIpc) is 2.76. The quantitative estimate of drug-likeness (QED) is 0.637. The van der Waals surface area contributed by atoms with Crippen molar-refractivity contribution >= 4 is 5.78 Å². The van der Waals surface area contributed by atoms with Gasteiger partial charge in [-0.2, -0.15) is 0 Å². The highest BCUT2D eigenvalue weighted by Gasteiger charge is 2.70. The molecule has 4 aliphatic rings. The van der Waals surface area contributed by atoms with E-state index in [2.05, 4.69) is 13.0 Å². The first-order valence-electron chi connectivity index (χ1n) is 9.96. The van der Waals surface area contributed by atoms with Crippen molar-refractivity contribution in [1.29, 1.82) is 0 Å². The molecule has 3 fully saturated rings. The Bertz CT molecular complexity index is 625. The monoisotopic (exact) mass is 348 g/mol. The van der Waals surface area contributed by atoms with E-state index in [9.17, 15) is 20.1 Å². The second kappa shape index (κ2) is 5.40. The Morgan fingerprint density at radius 1 is 1.16 bits per heavy atom. The number of Topliss-reactive ketones (excluding diaryl/α,β-unsaturated/α-hetero) is 1. The van der Waals surface area contributed by atoms with E-state index in [0.29, 0.717) is 12.8 Å². The zero-order chi connectivity index (χ0) is 18.2. The summed E-state index contributed by atoms with van der Waals surface area (Å²) in [5, 5.41) is 32.1. The van der Waals surface area contributed by atoms with Crippen LogP contribution in [-0.2, 0) is 4.79 Å². The van der Waals surface area contributed by atoms with Crippen LogP contribution < -0.4 is 0 Å². The van der Waals surface area contributed by atoms with Crippen molar-refractivity contribution in [1.82, 2.24) is 0 Å². The van der Waals surface area contributed by atoms with E-state index in [1.165, 1.54) is 5.57 Å². The Morgan fingerprint density at radius 2 is 1.88 bits per heavy atom. The summed E-state index contributed by atoms with van der Waals surface area (Å²) in [6.45, 7) is 6.06. The molecule has 25 heavy (non-hydrogen) atoms. The molecular formula is C21H32O4. The molecule has 4 rings (SSSR count). The van der Waals surface area contributed by atoms with Crippen LogP contribution in [0.25, 0.3) is 0 Å². The van der Waals surface area contributed by atoms with Crippen molar-refractivity contribution < 1.29 is 20.1 Å². The van der Waals surface area contributed by atoms with Crippen LogP contribution in [0.15, 0.2) is 11.6 Å². The van der Waals surface area contributed by atoms with E-state index < -0.39 is 17.1 Å². The molecular weight excluding hydrogens is 316 g/mol. The third-order valence-electron chi connectivity index (χ3n) is 8.72. The Morgan fingerprint density at radius 3 is 2.56 bits per heavy atom. The Balaban J connectivity index is 1.76. The lowest BCUT2D eigenvalue weighted by atomic mass is 9.45. The highest BCUT2D eigenvalue weighted by atomic mass is 16.3. The zero-order valence-corrected chi connectivity index (χ0v) is 15.7. The van der Waals surface area contributed by atoms with Gasteiger partial charge in [0.05, 0.1) is 12.2 Å². The molecule has 4 heteroatoms. The molecule has 0 bridgehead atoms. The molecule has 3 saturated carbocycles. The van der Waals surface area contributed by atoms with Crippen LogP contribution in [0.3, 0.4) is 0 Å². The molecule has 0 aromatic rings. The number of rotatable bonds is 1. The van der Waals surface area contributed by atoms with E-state index in [1.54, 1.807) is 6.92 Å². The minimum atomic E-state index is -1.32. The van der Waals surface area contributed by atoms with Gasteiger partial charge in [-0.25, -0.2) is 0 Å². The predicted molar refractivity (Wildman–Crippen MR) is 94.7 cm³/mol. The number of hydrogen-bond acceptors (Lipinski definition) is 4. The number of carbonyl (C=O) groups is 1. The van der Waals surface area contributed by atoms with Gasteiger partial charge in [-0.15, -0.1) is 0 Å². The molecule has 1 unspecified atom stereocenters. The zero-order valence-electron chi connectivity index (χ0n) is 15.7. The molecule has 4 nitrogen and oxygen atoms in total. The molecule has 0 aromatic heterocycles. The summed E-state index contributed by atoms with van der Waals surface area (Å²) in [5.41, 5.74) is -0.534. The summed E-state index contributed by atoms with van der Waals surface area (Å²) in [7, 11) is 0. The lowest BCUT2D eigenvalue weighted by Crippen LogP contribution is -2.63. The van der Waals surface area contributed by atoms with Gasteiger partial charge in [0.2, 0.25) is 0 Å². The maximum absolute atomic E-state index is 13.0. The third kappa shape index (κ3) is 2.08. The molecule has 0 heterocycles. The van der Waals surface area contributed by atoms with E-state index in [-0.39, 0.29) is 35.1 Å². The van der Waals surface area contributed by atoms with E-state index >= 15 is 0 Å². The van der Waals surface area contributed by atoms with Crippen LogP contribution in [0.2, 0.25) is 0 Å². The smallest absolute Gasteiger partial charge is 0.165 e. The molecule has 0 spiro atoms. The topological polar surface area (TPSA) is 77.8 Å². The van der Waals surface area contributed by atoms with Gasteiger partial charge in [0.1, 0.15) is 5.60 Å². The minimum Gasteiger partial charge on any atom is -0.393 e. The second-order valence-electron chi connectivity index (χ2n) is 9.69. The number of hydrogen-bond donors (Lipinski definition) is 3. The maximum atomic E-state index is 13.0. The van der Waals surface area contributed by atoms with Crippen LogP contribution >= 0.6 is 0 Å². The lowest BCUT2D eigenvalue weighted by molar-refractivity contribution is -0.190. The van der Waals surface area contributed by atoms with Gasteiger partial charge >= 0.3 is 0 Å². The van der Waals surface area contributed by atoms with Crippen molar-refractivity contribution in [2.24, 2.45) is 28.6 Å². The van der Waals surface area contributed by atoms with Gasteiger partial charge in [0, 0.05) is 23.7 Å². The summed E-state index contributed by atoms with van der Waals surface area (Å²) in [4.78, 5) is 13.0. The van der Waals surface area contributed by atoms with Gasteiger partial charge in [-0.1, -0.05) is 25.5 Å². The molecule has 3 N–H and O–H groups in total. The van der Waals surface area contributed by atoms with Gasteiger partial charge in [-0.05, 0) is 56.8 Å². The van der Waals surface area contributed by atoms with Gasteiger partial charge < -0.3 is 15.3 Å². The fraction of sp³-hybridized carbons (Fsp3) is 0.857. The Hall–Kier alpha value is -0.710. The number of allylic oxidation sites excluding steroid dienone is 1. The van der Waals surface area contributed by atoms with E-state index in [4.69, 9.17) is 0 Å². The largest absolute Gasteiger partial charge is 0.393 e. The van der Waals surface area contributed by atoms with Crippen molar-refractivity contribution in [3.05, 3.63) is 11.6 Å². The van der Waals surface area contributed by atoms with Crippen LogP contribution in [-0.4, -0.2) is 38.9 Å². The van der Waals surface area contributed by atoms with Crippen LogP contribution in [0.4, 0.5) is 0 Å². The van der Waals surface area contributed by atoms with Crippen molar-refractivity contribution in [2.45, 2.75) is 83.5 Å². The highest BCUT2D eigenvalue weighted by Crippen LogP contribution is 2.67. The number of fused-ring (bicyclic) bond motifs is 5. The first-order valence-corrected chi connectivity index (χ1v) is 9.96. The molecule has 140 valence electrons. The third-order valence-corrected chi connectivity index (χ3v) is 8.72. The number of carbonyl (C=O) groups excluding carboxylic acids is 1. The standard InChI is InChI=1S/C21H32O4/c1-12(22)17-11-18(24)21(25)16-5-4-13-10-14(23)6-8-19(13,2)15(16)7-9-20(17,21)3/h4,12,14-17,22-23,25H,5-11H2,1-3H3/t12?,14-,15-,16+,17+,19-,20+,21+/m1/s1. The normalized spacial score (nSPS) is 53.5. The van der Waals surface area contributed by atoms with E-state index in [1.807, 2.05) is 6.92 Å². The highest BCUT2D eigenvalue weighted by molar-refractivity contribution is 5.92. The minimum absolute atomic E-state index is 0.0115. The fourth-order valence-electron chi connectivity index (χ4n) is 7.16. The van der Waals surface area contributed by atoms with Gasteiger partial charge in [0.15, 0.2) is 5.78 Å². The number of ketones is 1. The fourth-order valence-corrected chi connectivity index (χ4v) is 7.16. The molecule has 0 aliphatic heterocycles. The van der Waals surface area contributed by atoms with Crippen LogP contribution in [0.5, 0.6) is 0 Å². The number of aliphatic hydroxyl groups excluding tert-OH is 2. The van der Waals surface area contributed by atoms with E-state index in [0.717, 1.165) is 32.1 Å². The second-order valence-corrected chi connectivity index (χ2v) is 9.69.